The lowest BCUT2D eigenvalue weighted by atomic mass is 9.96. The molecule has 3 aromatic rings. The van der Waals surface area contributed by atoms with Crippen molar-refractivity contribution in [2.75, 3.05) is 31.7 Å². The zero-order chi connectivity index (χ0) is 21.7. The molecule has 31 heavy (non-hydrogen) atoms. The number of nitrogens with zero attached hydrogens (tertiary/aromatic N) is 6. The second-order valence-electron chi connectivity index (χ2n) is 8.04. The second kappa shape index (κ2) is 7.42. The molecule has 8 nitrogen and oxygen atoms in total. The molecule has 0 aliphatic carbocycles. The third-order valence-corrected chi connectivity index (χ3v) is 5.91. The zero-order valence-corrected chi connectivity index (χ0v) is 17.7. The predicted octanol–water partition coefficient (Wildman–Crippen LogP) is 2.49. The SMILES string of the molecule is Cc1nnc2cc1N1CCOC[C@@H]1c1cc(F)ccc1C(=O)N(C)Cc1nn(C)cc1-2. The summed E-state index contributed by atoms with van der Waals surface area (Å²) < 4.78 is 21.8. The van der Waals surface area contributed by atoms with Gasteiger partial charge in [-0.3, -0.25) is 9.48 Å². The number of rotatable bonds is 0. The zero-order valence-electron chi connectivity index (χ0n) is 17.7. The summed E-state index contributed by atoms with van der Waals surface area (Å²) in [4.78, 5) is 17.1. The Kier molecular flexibility index (Phi) is 4.70. The molecular weight excluding hydrogens is 399 g/mol. The van der Waals surface area contributed by atoms with Crippen LogP contribution in [0.1, 0.15) is 33.4 Å². The molecule has 4 heterocycles. The molecule has 1 saturated heterocycles. The van der Waals surface area contributed by atoms with E-state index in [1.54, 1.807) is 22.7 Å². The maximum absolute atomic E-state index is 14.3. The Balaban J connectivity index is 1.78. The summed E-state index contributed by atoms with van der Waals surface area (Å²) in [6.07, 6.45) is 1.89. The third-order valence-electron chi connectivity index (χ3n) is 5.91. The maximum atomic E-state index is 14.3. The van der Waals surface area contributed by atoms with Crippen LogP contribution < -0.4 is 4.90 Å². The normalized spacial score (nSPS) is 18.6. The van der Waals surface area contributed by atoms with E-state index in [0.717, 1.165) is 22.6 Å². The molecule has 2 aliphatic rings. The Morgan fingerprint density at radius 2 is 2.00 bits per heavy atom. The topological polar surface area (TPSA) is 76.4 Å². The van der Waals surface area contributed by atoms with E-state index in [-0.39, 0.29) is 17.8 Å². The quantitative estimate of drug-likeness (QED) is 0.554. The van der Waals surface area contributed by atoms with Crippen molar-refractivity contribution >= 4 is 11.6 Å². The molecule has 0 unspecified atom stereocenters. The average Bonchev–Trinajstić information content (AvgIpc) is 3.13. The molecule has 2 aromatic heterocycles. The lowest BCUT2D eigenvalue weighted by molar-refractivity contribution is 0.0772. The number of carbonyl (C=O) groups is 1. The summed E-state index contributed by atoms with van der Waals surface area (Å²) in [6, 6.07) is 6.01. The molecule has 0 radical (unpaired) electrons. The van der Waals surface area contributed by atoms with Gasteiger partial charge in [-0.1, -0.05) is 0 Å². The number of morpholine rings is 1. The fourth-order valence-corrected chi connectivity index (χ4v) is 4.39. The van der Waals surface area contributed by atoms with Crippen LogP contribution in [0.3, 0.4) is 0 Å². The van der Waals surface area contributed by atoms with Gasteiger partial charge in [-0.2, -0.15) is 10.2 Å². The Bertz CT molecular complexity index is 1180. The highest BCUT2D eigenvalue weighted by molar-refractivity contribution is 5.96. The number of fused-ring (bicyclic) bond motifs is 8. The van der Waals surface area contributed by atoms with Gasteiger partial charge in [-0.15, -0.1) is 5.10 Å². The van der Waals surface area contributed by atoms with Crippen LogP contribution in [-0.4, -0.2) is 57.6 Å². The summed E-state index contributed by atoms with van der Waals surface area (Å²) in [5, 5.41) is 13.4. The van der Waals surface area contributed by atoms with Crippen LogP contribution in [0.5, 0.6) is 0 Å². The number of halogens is 1. The highest BCUT2D eigenvalue weighted by Gasteiger charge is 2.32. The van der Waals surface area contributed by atoms with E-state index in [9.17, 15) is 9.18 Å². The number of hydrogen-bond donors (Lipinski definition) is 0. The van der Waals surface area contributed by atoms with Crippen molar-refractivity contribution < 1.29 is 13.9 Å². The van der Waals surface area contributed by atoms with Gasteiger partial charge in [0.25, 0.3) is 5.91 Å². The van der Waals surface area contributed by atoms with Gasteiger partial charge in [0.05, 0.1) is 48.6 Å². The van der Waals surface area contributed by atoms with Crippen molar-refractivity contribution in [1.29, 1.82) is 0 Å². The summed E-state index contributed by atoms with van der Waals surface area (Å²) >= 11 is 0. The summed E-state index contributed by atoms with van der Waals surface area (Å²) in [5.74, 6) is -0.576. The standard InChI is InChI=1S/C22H23FN6O2/c1-13-20-9-18(25-24-13)17-10-28(3)26-19(17)11-27(2)22(30)15-5-4-14(23)8-16(15)21-12-31-7-6-29(20)21/h4-5,8-10,21H,6-7,11-12H2,1-3H3/t21-/m1/s1. The summed E-state index contributed by atoms with van der Waals surface area (Å²) in [5.41, 5.74) is 4.98. The van der Waals surface area contributed by atoms with Crippen LogP contribution in [0.2, 0.25) is 0 Å². The minimum absolute atomic E-state index is 0.191. The van der Waals surface area contributed by atoms with Gasteiger partial charge < -0.3 is 14.5 Å². The third kappa shape index (κ3) is 3.34. The number of amides is 1. The van der Waals surface area contributed by atoms with Gasteiger partial charge in [-0.05, 0) is 36.8 Å². The number of carbonyl (C=O) groups excluding carboxylic acids is 1. The number of aryl methyl sites for hydroxylation is 2. The molecule has 5 rings (SSSR count). The Hall–Kier alpha value is -3.33. The number of anilines is 1. The number of ether oxygens (including phenoxy) is 1. The van der Waals surface area contributed by atoms with E-state index in [2.05, 4.69) is 20.2 Å². The van der Waals surface area contributed by atoms with Crippen molar-refractivity contribution in [2.24, 2.45) is 7.05 Å². The van der Waals surface area contributed by atoms with Crippen LogP contribution >= 0.6 is 0 Å². The first-order chi connectivity index (χ1) is 14.9. The van der Waals surface area contributed by atoms with Gasteiger partial charge >= 0.3 is 0 Å². The molecule has 9 heteroatoms. The number of aromatic nitrogens is 4. The molecule has 0 N–H and O–H groups in total. The van der Waals surface area contributed by atoms with Gasteiger partial charge in [0, 0.05) is 38.0 Å². The molecule has 1 aromatic carbocycles. The van der Waals surface area contributed by atoms with Crippen LogP contribution in [-0.2, 0) is 18.3 Å². The average molecular weight is 422 g/mol. The molecule has 0 saturated carbocycles. The van der Waals surface area contributed by atoms with Crippen LogP contribution in [0.4, 0.5) is 10.1 Å². The molecule has 1 atom stereocenters. The molecule has 0 spiro atoms. The Morgan fingerprint density at radius 1 is 1.16 bits per heavy atom. The van der Waals surface area contributed by atoms with Crippen molar-refractivity contribution in [3.63, 3.8) is 0 Å². The van der Waals surface area contributed by atoms with Crippen molar-refractivity contribution in [3.05, 3.63) is 58.8 Å². The molecule has 160 valence electrons. The minimum atomic E-state index is -0.385. The van der Waals surface area contributed by atoms with Gasteiger partial charge in [0.15, 0.2) is 0 Å². The van der Waals surface area contributed by atoms with E-state index >= 15 is 0 Å². The maximum Gasteiger partial charge on any atom is 0.254 e. The first kappa shape index (κ1) is 19.6. The highest BCUT2D eigenvalue weighted by atomic mass is 19.1. The molecule has 1 amide bonds. The predicted molar refractivity (Wildman–Crippen MR) is 112 cm³/mol. The molecular formula is C22H23FN6O2. The Morgan fingerprint density at radius 3 is 2.84 bits per heavy atom. The van der Waals surface area contributed by atoms with E-state index in [0.29, 0.717) is 43.1 Å². The highest BCUT2D eigenvalue weighted by Crippen LogP contribution is 2.36. The number of benzene rings is 1. The van der Waals surface area contributed by atoms with Crippen molar-refractivity contribution in [2.45, 2.75) is 19.5 Å². The second-order valence-corrected chi connectivity index (χ2v) is 8.04. The largest absolute Gasteiger partial charge is 0.377 e. The van der Waals surface area contributed by atoms with E-state index < -0.39 is 0 Å². The van der Waals surface area contributed by atoms with Crippen molar-refractivity contribution in [3.8, 4) is 11.3 Å². The van der Waals surface area contributed by atoms with Crippen LogP contribution in [0.25, 0.3) is 11.3 Å². The smallest absolute Gasteiger partial charge is 0.254 e. The first-order valence-electron chi connectivity index (χ1n) is 10.2. The monoisotopic (exact) mass is 422 g/mol. The lowest BCUT2D eigenvalue weighted by Gasteiger charge is -2.39. The van der Waals surface area contributed by atoms with Crippen molar-refractivity contribution in [1.82, 2.24) is 24.9 Å². The summed E-state index contributed by atoms with van der Waals surface area (Å²) in [7, 11) is 3.56. The fraction of sp³-hybridized carbons (Fsp3) is 0.364. The van der Waals surface area contributed by atoms with E-state index in [4.69, 9.17) is 4.74 Å². The summed E-state index contributed by atoms with van der Waals surface area (Å²) in [6.45, 7) is 3.67. The molecule has 1 fully saturated rings. The van der Waals surface area contributed by atoms with Crippen LogP contribution in [0, 0.1) is 12.7 Å². The van der Waals surface area contributed by atoms with Gasteiger partial charge in [-0.25, -0.2) is 4.39 Å². The fourth-order valence-electron chi connectivity index (χ4n) is 4.39. The molecule has 2 aliphatic heterocycles. The minimum Gasteiger partial charge on any atom is -0.377 e. The van der Waals surface area contributed by atoms with Crippen LogP contribution in [0.15, 0.2) is 30.5 Å². The lowest BCUT2D eigenvalue weighted by Crippen LogP contribution is -2.41. The van der Waals surface area contributed by atoms with Gasteiger partial charge in [0.1, 0.15) is 5.82 Å². The first-order valence-corrected chi connectivity index (χ1v) is 10.2. The van der Waals surface area contributed by atoms with E-state index in [1.807, 2.05) is 26.2 Å². The number of hydrogen-bond acceptors (Lipinski definition) is 6. The Labute approximate surface area is 179 Å². The van der Waals surface area contributed by atoms with Gasteiger partial charge in [0.2, 0.25) is 0 Å². The molecule has 2 bridgehead atoms. The van der Waals surface area contributed by atoms with E-state index in [1.165, 1.54) is 12.1 Å².